The zero-order valence-electron chi connectivity index (χ0n) is 12.3. The Hall–Kier alpha value is -2.01. The molecule has 1 aromatic carbocycles. The first kappa shape index (κ1) is 15.4. The maximum Gasteiger partial charge on any atom is 0.227 e. The topological polar surface area (TPSA) is 67.2 Å². The number of aryl methyl sites for hydroxylation is 3. The number of nitrogens with zero attached hydrogens (tertiary/aromatic N) is 1. The summed E-state index contributed by atoms with van der Waals surface area (Å²) in [6.07, 6.45) is 0.315. The van der Waals surface area contributed by atoms with Crippen LogP contribution in [0.1, 0.15) is 23.3 Å². The van der Waals surface area contributed by atoms with Crippen LogP contribution in [-0.4, -0.2) is 17.6 Å². The largest absolute Gasteiger partial charge is 0.383 e. The molecule has 1 heterocycles. The molecule has 2 N–H and O–H groups in total. The van der Waals surface area contributed by atoms with Gasteiger partial charge in [-0.05, 0) is 38.0 Å². The van der Waals surface area contributed by atoms with E-state index in [2.05, 4.69) is 15.8 Å². The van der Waals surface area contributed by atoms with Crippen LogP contribution in [0.4, 0.5) is 11.5 Å². The van der Waals surface area contributed by atoms with Crippen molar-refractivity contribution in [1.29, 1.82) is 0 Å². The Morgan fingerprint density at radius 1 is 1.29 bits per heavy atom. The summed E-state index contributed by atoms with van der Waals surface area (Å²) in [6.45, 7) is 6.24. The summed E-state index contributed by atoms with van der Waals surface area (Å²) in [6, 6.07) is 5.62. The van der Waals surface area contributed by atoms with Crippen LogP contribution >= 0.6 is 11.6 Å². The maximum absolute atomic E-state index is 11.8. The van der Waals surface area contributed by atoms with Crippen molar-refractivity contribution < 1.29 is 9.32 Å². The molecule has 1 amide bonds. The monoisotopic (exact) mass is 307 g/mol. The highest BCUT2D eigenvalue weighted by molar-refractivity contribution is 6.33. The molecule has 0 aliphatic heterocycles. The molecule has 21 heavy (non-hydrogen) atoms. The lowest BCUT2D eigenvalue weighted by molar-refractivity contribution is -0.116. The summed E-state index contributed by atoms with van der Waals surface area (Å²) >= 11 is 6.20. The summed E-state index contributed by atoms with van der Waals surface area (Å²) in [4.78, 5) is 11.8. The highest BCUT2D eigenvalue weighted by Crippen LogP contribution is 2.27. The molecule has 0 aliphatic rings. The fraction of sp³-hybridized carbons (Fsp3) is 0.333. The van der Waals surface area contributed by atoms with E-state index < -0.39 is 0 Å². The number of amides is 1. The highest BCUT2D eigenvalue weighted by Gasteiger charge is 2.08. The average Bonchev–Trinajstić information content (AvgIpc) is 2.78. The third-order valence-electron chi connectivity index (χ3n) is 2.98. The molecule has 0 spiro atoms. The minimum absolute atomic E-state index is 0.128. The van der Waals surface area contributed by atoms with Crippen molar-refractivity contribution in [2.75, 3.05) is 17.2 Å². The predicted octanol–water partition coefficient (Wildman–Crippen LogP) is 3.69. The molecule has 2 aromatic rings. The predicted molar refractivity (Wildman–Crippen MR) is 83.9 cm³/mol. The van der Waals surface area contributed by atoms with Gasteiger partial charge < -0.3 is 15.2 Å². The second kappa shape index (κ2) is 6.63. The van der Waals surface area contributed by atoms with Gasteiger partial charge in [0.1, 0.15) is 5.76 Å². The molecule has 0 radical (unpaired) electrons. The molecule has 0 unspecified atom stereocenters. The van der Waals surface area contributed by atoms with Gasteiger partial charge in [0.25, 0.3) is 0 Å². The number of anilines is 2. The van der Waals surface area contributed by atoms with E-state index >= 15 is 0 Å². The van der Waals surface area contributed by atoms with Crippen LogP contribution in [0.3, 0.4) is 0 Å². The Balaban J connectivity index is 1.85. The van der Waals surface area contributed by atoms with Gasteiger partial charge in [-0.1, -0.05) is 22.8 Å². The van der Waals surface area contributed by atoms with Gasteiger partial charge in [0, 0.05) is 19.0 Å². The van der Waals surface area contributed by atoms with E-state index in [4.69, 9.17) is 16.1 Å². The van der Waals surface area contributed by atoms with Gasteiger partial charge in [-0.2, -0.15) is 0 Å². The lowest BCUT2D eigenvalue weighted by atomic mass is 10.1. The first-order chi connectivity index (χ1) is 9.95. The normalized spacial score (nSPS) is 10.5. The molecule has 0 saturated heterocycles. The fourth-order valence-corrected chi connectivity index (χ4v) is 2.46. The van der Waals surface area contributed by atoms with Crippen molar-refractivity contribution in [2.24, 2.45) is 0 Å². The molecular formula is C15H18ClN3O2. The van der Waals surface area contributed by atoms with E-state index in [1.807, 2.05) is 26.0 Å². The third kappa shape index (κ3) is 4.23. The number of benzene rings is 1. The van der Waals surface area contributed by atoms with Crippen LogP contribution in [0.5, 0.6) is 0 Å². The Morgan fingerprint density at radius 3 is 2.67 bits per heavy atom. The Kier molecular flexibility index (Phi) is 4.85. The van der Waals surface area contributed by atoms with Crippen LogP contribution in [0.2, 0.25) is 5.02 Å². The fourth-order valence-electron chi connectivity index (χ4n) is 2.07. The number of aromatic nitrogens is 1. The van der Waals surface area contributed by atoms with Gasteiger partial charge in [-0.25, -0.2) is 0 Å². The van der Waals surface area contributed by atoms with Crippen LogP contribution < -0.4 is 10.6 Å². The molecule has 0 saturated carbocycles. The second-order valence-corrected chi connectivity index (χ2v) is 5.39. The molecule has 112 valence electrons. The quantitative estimate of drug-likeness (QED) is 0.884. The molecule has 0 fully saturated rings. The minimum Gasteiger partial charge on any atom is -0.383 e. The summed E-state index contributed by atoms with van der Waals surface area (Å²) < 4.78 is 4.88. The molecule has 0 aliphatic carbocycles. The van der Waals surface area contributed by atoms with E-state index in [1.54, 1.807) is 13.0 Å². The van der Waals surface area contributed by atoms with Crippen molar-refractivity contribution in [1.82, 2.24) is 5.16 Å². The van der Waals surface area contributed by atoms with Gasteiger partial charge >= 0.3 is 0 Å². The van der Waals surface area contributed by atoms with E-state index in [0.717, 1.165) is 16.8 Å². The molecule has 1 aromatic heterocycles. The summed E-state index contributed by atoms with van der Waals surface area (Å²) in [5.74, 6) is 0.962. The minimum atomic E-state index is -0.128. The highest BCUT2D eigenvalue weighted by atomic mass is 35.5. The number of carbonyl (C=O) groups excluding carboxylic acids is 1. The summed E-state index contributed by atoms with van der Waals surface area (Å²) in [7, 11) is 0. The maximum atomic E-state index is 11.8. The summed E-state index contributed by atoms with van der Waals surface area (Å²) in [5.41, 5.74) is 3.04. The SMILES string of the molecule is Cc1cc(C)c(NCCC(=O)Nc2cc(C)on2)c(Cl)c1. The van der Waals surface area contributed by atoms with Gasteiger partial charge in [0.15, 0.2) is 5.82 Å². The number of nitrogens with one attached hydrogen (secondary N) is 2. The molecule has 5 nitrogen and oxygen atoms in total. The van der Waals surface area contributed by atoms with E-state index in [0.29, 0.717) is 29.6 Å². The van der Waals surface area contributed by atoms with Gasteiger partial charge in [-0.3, -0.25) is 4.79 Å². The van der Waals surface area contributed by atoms with Crippen LogP contribution in [-0.2, 0) is 4.79 Å². The Bertz CT molecular complexity index is 629. The van der Waals surface area contributed by atoms with Crippen molar-refractivity contribution >= 4 is 29.0 Å². The van der Waals surface area contributed by atoms with Crippen molar-refractivity contribution in [3.63, 3.8) is 0 Å². The lowest BCUT2D eigenvalue weighted by Crippen LogP contribution is -2.16. The average molecular weight is 308 g/mol. The first-order valence-corrected chi connectivity index (χ1v) is 7.07. The van der Waals surface area contributed by atoms with Crippen molar-refractivity contribution in [3.05, 3.63) is 40.1 Å². The number of halogens is 1. The zero-order valence-corrected chi connectivity index (χ0v) is 13.0. The smallest absolute Gasteiger partial charge is 0.227 e. The van der Waals surface area contributed by atoms with Gasteiger partial charge in [0.2, 0.25) is 5.91 Å². The van der Waals surface area contributed by atoms with Crippen molar-refractivity contribution in [2.45, 2.75) is 27.2 Å². The standard InChI is InChI=1S/C15H18ClN3O2/c1-9-6-10(2)15(12(16)7-9)17-5-4-14(20)18-13-8-11(3)21-19-13/h6-8,17H,4-5H2,1-3H3,(H,18,19,20). The number of carbonyl (C=O) groups is 1. The third-order valence-corrected chi connectivity index (χ3v) is 3.28. The van der Waals surface area contributed by atoms with E-state index in [-0.39, 0.29) is 5.91 Å². The van der Waals surface area contributed by atoms with Crippen LogP contribution in [0.25, 0.3) is 0 Å². The van der Waals surface area contributed by atoms with Crippen LogP contribution in [0, 0.1) is 20.8 Å². The van der Waals surface area contributed by atoms with E-state index in [1.165, 1.54) is 0 Å². The summed E-state index contributed by atoms with van der Waals surface area (Å²) in [5, 5.41) is 10.2. The van der Waals surface area contributed by atoms with E-state index in [9.17, 15) is 4.79 Å². The lowest BCUT2D eigenvalue weighted by Gasteiger charge is -2.12. The second-order valence-electron chi connectivity index (χ2n) is 4.99. The van der Waals surface area contributed by atoms with Gasteiger partial charge in [0.05, 0.1) is 10.7 Å². The first-order valence-electron chi connectivity index (χ1n) is 6.69. The Morgan fingerprint density at radius 2 is 2.05 bits per heavy atom. The molecule has 6 heteroatoms. The molecule has 0 atom stereocenters. The molecular weight excluding hydrogens is 290 g/mol. The van der Waals surface area contributed by atoms with Gasteiger partial charge in [-0.15, -0.1) is 0 Å². The van der Waals surface area contributed by atoms with Crippen molar-refractivity contribution in [3.8, 4) is 0 Å². The molecule has 0 bridgehead atoms. The number of hydrogen-bond donors (Lipinski definition) is 2. The number of rotatable bonds is 5. The Labute approximate surface area is 128 Å². The molecule has 2 rings (SSSR count). The zero-order chi connectivity index (χ0) is 15.4. The number of hydrogen-bond acceptors (Lipinski definition) is 4. The van der Waals surface area contributed by atoms with Crippen LogP contribution in [0.15, 0.2) is 22.7 Å².